The third-order valence-electron chi connectivity index (χ3n) is 2.76. The summed E-state index contributed by atoms with van der Waals surface area (Å²) in [6, 6.07) is 5.27. The van der Waals surface area contributed by atoms with Crippen molar-refractivity contribution >= 4 is 11.4 Å². The topological polar surface area (TPSA) is 104 Å². The lowest BCUT2D eigenvalue weighted by Gasteiger charge is -2.02. The summed E-state index contributed by atoms with van der Waals surface area (Å²) in [6.45, 7) is 2.01. The van der Waals surface area contributed by atoms with Crippen LogP contribution in [-0.4, -0.2) is 19.6 Å². The lowest BCUT2D eigenvalue weighted by atomic mass is 10.2. The smallest absolute Gasteiger partial charge is 0.258 e. The minimum atomic E-state index is -0.664. The van der Waals surface area contributed by atoms with Crippen molar-refractivity contribution in [1.82, 2.24) is 9.78 Å². The van der Waals surface area contributed by atoms with E-state index in [-0.39, 0.29) is 17.1 Å². The van der Waals surface area contributed by atoms with Crippen LogP contribution in [0.2, 0.25) is 0 Å². The Morgan fingerprint density at radius 1 is 1.20 bits per heavy atom. The summed E-state index contributed by atoms with van der Waals surface area (Å²) in [6.07, 6.45) is 3.30. The maximum Gasteiger partial charge on any atom is 0.301 e. The van der Waals surface area contributed by atoms with Gasteiger partial charge in [-0.1, -0.05) is 13.3 Å². The van der Waals surface area contributed by atoms with E-state index in [1.165, 1.54) is 16.8 Å². The Bertz CT molecular complexity index is 665. The van der Waals surface area contributed by atoms with Crippen molar-refractivity contribution in [1.29, 1.82) is 0 Å². The maximum absolute atomic E-state index is 11.0. The Hall–Kier alpha value is -2.77. The lowest BCUT2D eigenvalue weighted by molar-refractivity contribution is -0.394. The molecule has 0 aliphatic heterocycles. The van der Waals surface area contributed by atoms with Crippen LogP contribution in [0.5, 0.6) is 0 Å². The molecule has 1 heterocycles. The van der Waals surface area contributed by atoms with Crippen LogP contribution in [0.15, 0.2) is 30.5 Å². The van der Waals surface area contributed by atoms with Gasteiger partial charge in [0.1, 0.15) is 5.69 Å². The molecule has 0 unspecified atom stereocenters. The van der Waals surface area contributed by atoms with E-state index >= 15 is 0 Å². The molecule has 0 aliphatic rings. The van der Waals surface area contributed by atoms with Crippen LogP contribution in [-0.2, 0) is 6.42 Å². The van der Waals surface area contributed by atoms with E-state index in [2.05, 4.69) is 5.10 Å². The van der Waals surface area contributed by atoms with Gasteiger partial charge in [0, 0.05) is 12.3 Å². The molecule has 0 fully saturated rings. The monoisotopic (exact) mass is 276 g/mol. The fourth-order valence-electron chi connectivity index (χ4n) is 1.85. The van der Waals surface area contributed by atoms with Crippen LogP contribution in [0.25, 0.3) is 5.69 Å². The van der Waals surface area contributed by atoms with Crippen molar-refractivity contribution in [2.45, 2.75) is 19.8 Å². The summed E-state index contributed by atoms with van der Waals surface area (Å²) in [7, 11) is 0. The fraction of sp³-hybridized carbons (Fsp3) is 0.250. The maximum atomic E-state index is 11.0. The summed E-state index contributed by atoms with van der Waals surface area (Å²) in [5.74, 6) is 0. The molecule has 2 rings (SSSR count). The standard InChI is InChI=1S/C12H12N4O4/c1-2-3-9-6-7-14(13-9)11-5-4-10(15(17)18)8-12(11)16(19)20/h4-8H,2-3H2,1H3. The van der Waals surface area contributed by atoms with E-state index in [0.717, 1.165) is 24.6 Å². The third-order valence-corrected chi connectivity index (χ3v) is 2.76. The number of nitro groups is 2. The van der Waals surface area contributed by atoms with Crippen molar-refractivity contribution in [3.05, 3.63) is 56.4 Å². The summed E-state index contributed by atoms with van der Waals surface area (Å²) < 4.78 is 1.37. The SMILES string of the molecule is CCCc1ccn(-c2ccc([N+](=O)[O-])cc2[N+](=O)[O-])n1. The van der Waals surface area contributed by atoms with Crippen LogP contribution >= 0.6 is 0 Å². The summed E-state index contributed by atoms with van der Waals surface area (Å²) in [4.78, 5) is 20.4. The Balaban J connectivity index is 2.49. The van der Waals surface area contributed by atoms with E-state index in [1.54, 1.807) is 12.3 Å². The number of benzene rings is 1. The number of rotatable bonds is 5. The van der Waals surface area contributed by atoms with Gasteiger partial charge in [-0.25, -0.2) is 4.68 Å². The molecule has 0 spiro atoms. The van der Waals surface area contributed by atoms with Gasteiger partial charge in [-0.3, -0.25) is 20.2 Å². The van der Waals surface area contributed by atoms with Crippen LogP contribution in [0.1, 0.15) is 19.0 Å². The van der Waals surface area contributed by atoms with E-state index < -0.39 is 9.85 Å². The Morgan fingerprint density at radius 2 is 1.95 bits per heavy atom. The minimum Gasteiger partial charge on any atom is -0.258 e. The molecule has 0 amide bonds. The predicted molar refractivity (Wildman–Crippen MR) is 70.9 cm³/mol. The number of aryl methyl sites for hydroxylation is 1. The van der Waals surface area contributed by atoms with Crippen LogP contribution in [0, 0.1) is 20.2 Å². The molecule has 0 N–H and O–H groups in total. The van der Waals surface area contributed by atoms with Crippen LogP contribution in [0.3, 0.4) is 0 Å². The first-order valence-corrected chi connectivity index (χ1v) is 6.00. The van der Waals surface area contributed by atoms with E-state index in [0.29, 0.717) is 0 Å². The van der Waals surface area contributed by atoms with Crippen LogP contribution in [0.4, 0.5) is 11.4 Å². The number of nitrogens with zero attached hydrogens (tertiary/aromatic N) is 4. The van der Waals surface area contributed by atoms with E-state index in [1.807, 2.05) is 6.92 Å². The zero-order valence-corrected chi connectivity index (χ0v) is 10.7. The molecule has 0 aliphatic carbocycles. The van der Waals surface area contributed by atoms with Gasteiger partial charge < -0.3 is 0 Å². The Morgan fingerprint density at radius 3 is 2.55 bits per heavy atom. The zero-order chi connectivity index (χ0) is 14.7. The summed E-state index contributed by atoms with van der Waals surface area (Å²) in [5, 5.41) is 25.9. The minimum absolute atomic E-state index is 0.211. The van der Waals surface area contributed by atoms with Gasteiger partial charge in [0.15, 0.2) is 0 Å². The molecule has 104 valence electrons. The molecule has 0 saturated carbocycles. The molecule has 0 bridgehead atoms. The molecule has 1 aromatic carbocycles. The second kappa shape index (κ2) is 5.47. The first kappa shape index (κ1) is 13.7. The molecule has 8 nitrogen and oxygen atoms in total. The molecule has 0 saturated heterocycles. The number of aromatic nitrogens is 2. The summed E-state index contributed by atoms with van der Waals surface area (Å²) in [5.41, 5.74) is 0.370. The normalized spacial score (nSPS) is 10.4. The highest BCUT2D eigenvalue weighted by atomic mass is 16.6. The molecule has 0 atom stereocenters. The summed E-state index contributed by atoms with van der Waals surface area (Å²) >= 11 is 0. The lowest BCUT2D eigenvalue weighted by Crippen LogP contribution is -2.02. The van der Waals surface area contributed by atoms with Gasteiger partial charge in [-0.2, -0.15) is 5.10 Å². The zero-order valence-electron chi connectivity index (χ0n) is 10.7. The highest BCUT2D eigenvalue weighted by molar-refractivity contribution is 5.57. The molecular formula is C12H12N4O4. The second-order valence-electron chi connectivity index (χ2n) is 4.19. The molecule has 1 aromatic heterocycles. The van der Waals surface area contributed by atoms with Gasteiger partial charge in [-0.05, 0) is 18.6 Å². The van der Waals surface area contributed by atoms with Crippen LogP contribution < -0.4 is 0 Å². The Labute approximate surface area is 113 Å². The average molecular weight is 276 g/mol. The van der Waals surface area contributed by atoms with Crippen molar-refractivity contribution in [3.63, 3.8) is 0 Å². The first-order valence-electron chi connectivity index (χ1n) is 6.00. The van der Waals surface area contributed by atoms with Crippen molar-refractivity contribution in [2.24, 2.45) is 0 Å². The number of hydrogen-bond donors (Lipinski definition) is 0. The largest absolute Gasteiger partial charge is 0.301 e. The number of non-ortho nitro benzene ring substituents is 1. The quantitative estimate of drug-likeness (QED) is 0.616. The average Bonchev–Trinajstić information content (AvgIpc) is 2.86. The highest BCUT2D eigenvalue weighted by Crippen LogP contribution is 2.27. The molecule has 20 heavy (non-hydrogen) atoms. The highest BCUT2D eigenvalue weighted by Gasteiger charge is 2.21. The number of nitro benzene ring substituents is 2. The predicted octanol–water partition coefficient (Wildman–Crippen LogP) is 2.64. The first-order chi connectivity index (χ1) is 9.52. The molecule has 2 aromatic rings. The molecule has 0 radical (unpaired) electrons. The van der Waals surface area contributed by atoms with Crippen molar-refractivity contribution < 1.29 is 9.85 Å². The third kappa shape index (κ3) is 2.63. The fourth-order valence-corrected chi connectivity index (χ4v) is 1.85. The van der Waals surface area contributed by atoms with Crippen molar-refractivity contribution in [3.8, 4) is 5.69 Å². The Kier molecular flexibility index (Phi) is 3.74. The van der Waals surface area contributed by atoms with Gasteiger partial charge >= 0.3 is 5.69 Å². The van der Waals surface area contributed by atoms with Crippen molar-refractivity contribution in [2.75, 3.05) is 0 Å². The van der Waals surface area contributed by atoms with E-state index in [4.69, 9.17) is 0 Å². The van der Waals surface area contributed by atoms with E-state index in [9.17, 15) is 20.2 Å². The number of hydrogen-bond acceptors (Lipinski definition) is 5. The van der Waals surface area contributed by atoms with Gasteiger partial charge in [0.25, 0.3) is 5.69 Å². The molecular weight excluding hydrogens is 264 g/mol. The van der Waals surface area contributed by atoms with Gasteiger partial charge in [0.2, 0.25) is 0 Å². The second-order valence-corrected chi connectivity index (χ2v) is 4.19. The van der Waals surface area contributed by atoms with Gasteiger partial charge in [0.05, 0.1) is 21.6 Å². The van der Waals surface area contributed by atoms with Gasteiger partial charge in [-0.15, -0.1) is 0 Å². The molecule has 8 heteroatoms.